The van der Waals surface area contributed by atoms with Crippen LogP contribution in [0, 0.1) is 0 Å². The minimum absolute atomic E-state index is 0.0656. The van der Waals surface area contributed by atoms with Gasteiger partial charge in [0.15, 0.2) is 5.65 Å². The zero-order valence-corrected chi connectivity index (χ0v) is 21.3. The fourth-order valence-corrected chi connectivity index (χ4v) is 4.24. The molecule has 5 aromatic rings. The van der Waals surface area contributed by atoms with Crippen molar-refractivity contribution >= 4 is 40.1 Å². The number of hydrogen-bond acceptors (Lipinski definition) is 5. The Balaban J connectivity index is 1.51. The summed E-state index contributed by atoms with van der Waals surface area (Å²) in [6.07, 6.45) is 2.43. The summed E-state index contributed by atoms with van der Waals surface area (Å²) in [4.78, 5) is 22.8. The van der Waals surface area contributed by atoms with E-state index in [1.54, 1.807) is 6.21 Å². The van der Waals surface area contributed by atoms with Gasteiger partial charge in [0.05, 0.1) is 17.2 Å². The molecule has 2 heterocycles. The average molecular weight is 491 g/mol. The number of fused-ring (bicyclic) bond motifs is 2. The summed E-state index contributed by atoms with van der Waals surface area (Å²) in [5.41, 5.74) is 12.4. The number of nitrogens with one attached hydrogen (secondary N) is 1. The molecule has 0 unspecified atom stereocenters. The van der Waals surface area contributed by atoms with Gasteiger partial charge in [-0.05, 0) is 40.7 Å². The Labute approximate surface area is 216 Å². The van der Waals surface area contributed by atoms with E-state index in [0.29, 0.717) is 35.2 Å². The molecule has 0 aliphatic heterocycles. The molecule has 0 radical (unpaired) electrons. The van der Waals surface area contributed by atoms with Crippen molar-refractivity contribution in [2.24, 2.45) is 5.10 Å². The molecule has 7 nitrogen and oxygen atoms in total. The van der Waals surface area contributed by atoms with Gasteiger partial charge in [-0.15, -0.1) is 0 Å². The molecule has 0 aliphatic carbocycles. The summed E-state index contributed by atoms with van der Waals surface area (Å²) >= 11 is 0. The Morgan fingerprint density at radius 2 is 1.59 bits per heavy atom. The molecule has 0 bridgehead atoms. The van der Waals surface area contributed by atoms with Crippen molar-refractivity contribution in [2.45, 2.75) is 32.6 Å². The van der Waals surface area contributed by atoms with Crippen LogP contribution in [0.15, 0.2) is 84.0 Å². The van der Waals surface area contributed by atoms with Crippen molar-refractivity contribution < 1.29 is 4.79 Å². The Morgan fingerprint density at radius 1 is 0.946 bits per heavy atom. The van der Waals surface area contributed by atoms with E-state index in [4.69, 9.17) is 15.7 Å². The van der Waals surface area contributed by atoms with E-state index < -0.39 is 0 Å². The van der Waals surface area contributed by atoms with Crippen LogP contribution < -0.4 is 11.1 Å². The van der Waals surface area contributed by atoms with E-state index in [9.17, 15) is 4.79 Å². The topological polar surface area (TPSA) is 98.2 Å². The van der Waals surface area contributed by atoms with Crippen molar-refractivity contribution in [1.82, 2.24) is 20.0 Å². The SMILES string of the molecule is CC(C)(C)c1ccc(/C=N\n2c(N)c(C(=O)NCCc3ccccc3)c3nc4ccccc4nc32)cc1. The van der Waals surface area contributed by atoms with Crippen LogP contribution in [0.2, 0.25) is 0 Å². The lowest BCUT2D eigenvalue weighted by Crippen LogP contribution is -2.26. The highest BCUT2D eigenvalue weighted by Crippen LogP contribution is 2.28. The molecule has 186 valence electrons. The normalized spacial score (nSPS) is 12.0. The second-order valence-corrected chi connectivity index (χ2v) is 10.1. The van der Waals surface area contributed by atoms with Crippen molar-refractivity contribution in [2.75, 3.05) is 12.3 Å². The highest BCUT2D eigenvalue weighted by Gasteiger charge is 2.24. The summed E-state index contributed by atoms with van der Waals surface area (Å²) in [5.74, 6) is -0.100. The standard InChI is InChI=1S/C30H30N6O/c1-30(2,3)22-15-13-21(14-16-22)19-33-36-27(31)25(29(37)32-18-17-20-9-5-4-6-10-20)26-28(36)35-24-12-8-7-11-23(24)34-26/h4-16,19H,17-18,31H2,1-3H3,(H,32,37)/b33-19-. The fraction of sp³-hybridized carbons (Fsp3) is 0.200. The number of benzene rings is 3. The highest BCUT2D eigenvalue weighted by molar-refractivity contribution is 6.10. The van der Waals surface area contributed by atoms with Crippen LogP contribution in [0.5, 0.6) is 0 Å². The molecule has 2 aromatic heterocycles. The first-order valence-corrected chi connectivity index (χ1v) is 12.3. The first kappa shape index (κ1) is 24.2. The fourth-order valence-electron chi connectivity index (χ4n) is 4.24. The predicted molar refractivity (Wildman–Crippen MR) is 150 cm³/mol. The number of amides is 1. The summed E-state index contributed by atoms with van der Waals surface area (Å²) in [6, 6.07) is 25.8. The summed E-state index contributed by atoms with van der Waals surface area (Å²) in [5, 5.41) is 7.60. The van der Waals surface area contributed by atoms with E-state index in [1.807, 2.05) is 66.7 Å². The predicted octanol–water partition coefficient (Wildman–Crippen LogP) is 5.32. The third kappa shape index (κ3) is 5.07. The second kappa shape index (κ2) is 9.85. The van der Waals surface area contributed by atoms with Crippen molar-refractivity contribution in [1.29, 1.82) is 0 Å². The van der Waals surface area contributed by atoms with Crippen LogP contribution in [-0.4, -0.2) is 33.3 Å². The van der Waals surface area contributed by atoms with Gasteiger partial charge in [0.2, 0.25) is 0 Å². The van der Waals surface area contributed by atoms with E-state index in [2.05, 4.69) is 43.3 Å². The summed E-state index contributed by atoms with van der Waals surface area (Å²) in [6.45, 7) is 7.01. The number of nitrogen functional groups attached to an aromatic ring is 1. The first-order chi connectivity index (χ1) is 17.8. The third-order valence-corrected chi connectivity index (χ3v) is 6.34. The smallest absolute Gasteiger partial charge is 0.257 e. The molecule has 1 amide bonds. The monoisotopic (exact) mass is 490 g/mol. The maximum Gasteiger partial charge on any atom is 0.257 e. The van der Waals surface area contributed by atoms with E-state index in [0.717, 1.165) is 11.1 Å². The molecule has 0 aliphatic rings. The van der Waals surface area contributed by atoms with Gasteiger partial charge in [-0.25, -0.2) is 9.97 Å². The molecule has 3 N–H and O–H groups in total. The first-order valence-electron chi connectivity index (χ1n) is 12.3. The number of nitrogens with two attached hydrogens (primary N) is 1. The molecular weight excluding hydrogens is 460 g/mol. The van der Waals surface area contributed by atoms with Crippen LogP contribution in [0.25, 0.3) is 22.2 Å². The molecule has 0 atom stereocenters. The highest BCUT2D eigenvalue weighted by atomic mass is 16.1. The van der Waals surface area contributed by atoms with Gasteiger partial charge in [0, 0.05) is 6.54 Å². The largest absolute Gasteiger partial charge is 0.383 e. The van der Waals surface area contributed by atoms with Gasteiger partial charge in [-0.3, -0.25) is 4.79 Å². The number of para-hydroxylation sites is 2. The van der Waals surface area contributed by atoms with E-state index in [1.165, 1.54) is 10.2 Å². The van der Waals surface area contributed by atoms with Gasteiger partial charge in [0.1, 0.15) is 16.9 Å². The van der Waals surface area contributed by atoms with Crippen LogP contribution in [0.3, 0.4) is 0 Å². The summed E-state index contributed by atoms with van der Waals surface area (Å²) in [7, 11) is 0. The lowest BCUT2D eigenvalue weighted by atomic mass is 9.87. The maximum absolute atomic E-state index is 13.3. The van der Waals surface area contributed by atoms with Crippen LogP contribution in [-0.2, 0) is 11.8 Å². The number of carbonyl (C=O) groups excluding carboxylic acids is 1. The maximum atomic E-state index is 13.3. The van der Waals surface area contributed by atoms with Gasteiger partial charge >= 0.3 is 0 Å². The third-order valence-electron chi connectivity index (χ3n) is 6.34. The minimum atomic E-state index is -0.300. The lowest BCUT2D eigenvalue weighted by Gasteiger charge is -2.18. The Morgan fingerprint density at radius 3 is 2.27 bits per heavy atom. The molecule has 0 saturated heterocycles. The van der Waals surface area contributed by atoms with Crippen molar-refractivity contribution in [3.05, 3.63) is 101 Å². The Hall–Kier alpha value is -4.52. The number of nitrogens with zero attached hydrogens (tertiary/aromatic N) is 4. The van der Waals surface area contributed by atoms with Gasteiger partial charge in [0.25, 0.3) is 5.91 Å². The van der Waals surface area contributed by atoms with E-state index in [-0.39, 0.29) is 22.7 Å². The number of anilines is 1. The number of rotatable bonds is 6. The minimum Gasteiger partial charge on any atom is -0.383 e. The lowest BCUT2D eigenvalue weighted by molar-refractivity contribution is 0.0956. The van der Waals surface area contributed by atoms with Crippen molar-refractivity contribution in [3.63, 3.8) is 0 Å². The molecule has 0 saturated carbocycles. The number of aromatic nitrogens is 3. The molecular formula is C30H30N6O. The molecule has 0 fully saturated rings. The molecule has 0 spiro atoms. The van der Waals surface area contributed by atoms with Gasteiger partial charge < -0.3 is 11.1 Å². The Kier molecular flexibility index (Phi) is 6.44. The molecule has 7 heteroatoms. The van der Waals surface area contributed by atoms with Crippen molar-refractivity contribution in [3.8, 4) is 0 Å². The number of carbonyl (C=O) groups is 1. The van der Waals surface area contributed by atoms with Crippen LogP contribution in [0.4, 0.5) is 5.82 Å². The molecule has 37 heavy (non-hydrogen) atoms. The average Bonchev–Trinajstić information content (AvgIpc) is 3.16. The molecule has 5 rings (SSSR count). The van der Waals surface area contributed by atoms with Crippen LogP contribution in [0.1, 0.15) is 47.8 Å². The second-order valence-electron chi connectivity index (χ2n) is 10.1. The van der Waals surface area contributed by atoms with Crippen LogP contribution >= 0.6 is 0 Å². The van der Waals surface area contributed by atoms with E-state index >= 15 is 0 Å². The Bertz CT molecular complexity index is 1600. The van der Waals surface area contributed by atoms with Gasteiger partial charge in [-0.2, -0.15) is 9.78 Å². The summed E-state index contributed by atoms with van der Waals surface area (Å²) < 4.78 is 1.50. The number of hydrogen-bond donors (Lipinski definition) is 2. The zero-order chi connectivity index (χ0) is 26.0. The quantitative estimate of drug-likeness (QED) is 0.315. The van der Waals surface area contributed by atoms with Gasteiger partial charge in [-0.1, -0.05) is 87.5 Å². The molecule has 3 aromatic carbocycles. The zero-order valence-electron chi connectivity index (χ0n) is 21.3.